The van der Waals surface area contributed by atoms with Crippen LogP contribution >= 0.6 is 27.7 Å². The van der Waals surface area contributed by atoms with Crippen LogP contribution in [0.25, 0.3) is 0 Å². The molecule has 1 aromatic carbocycles. The highest BCUT2D eigenvalue weighted by Crippen LogP contribution is 2.29. The first-order valence-corrected chi connectivity index (χ1v) is 8.47. The predicted octanol–water partition coefficient (Wildman–Crippen LogP) is 4.11. The zero-order valence-corrected chi connectivity index (χ0v) is 14.5. The first-order chi connectivity index (χ1) is 10.2. The van der Waals surface area contributed by atoms with Crippen molar-refractivity contribution in [3.63, 3.8) is 0 Å². The van der Waals surface area contributed by atoms with Crippen LogP contribution in [0.2, 0.25) is 0 Å². The van der Waals surface area contributed by atoms with E-state index in [1.54, 1.807) is 18.9 Å². The summed E-state index contributed by atoms with van der Waals surface area (Å²) in [6.07, 6.45) is 0. The van der Waals surface area contributed by atoms with E-state index in [1.165, 1.54) is 4.90 Å². The third-order valence-electron chi connectivity index (χ3n) is 2.67. The summed E-state index contributed by atoms with van der Waals surface area (Å²) in [6, 6.07) is 10.1. The van der Waals surface area contributed by atoms with E-state index in [0.717, 1.165) is 34.1 Å². The summed E-state index contributed by atoms with van der Waals surface area (Å²) in [7, 11) is 1.67. The number of rotatable bonds is 7. The van der Waals surface area contributed by atoms with Crippen LogP contribution in [0.1, 0.15) is 18.4 Å². The van der Waals surface area contributed by atoms with Gasteiger partial charge < -0.3 is 10.1 Å². The average molecular weight is 368 g/mol. The molecule has 0 unspecified atom stereocenters. The fourth-order valence-electron chi connectivity index (χ4n) is 1.81. The third-order valence-corrected chi connectivity index (χ3v) is 4.69. The van der Waals surface area contributed by atoms with Crippen LogP contribution in [0.4, 0.5) is 5.82 Å². The van der Waals surface area contributed by atoms with Crippen molar-refractivity contribution < 1.29 is 4.74 Å². The third kappa shape index (κ3) is 4.98. The van der Waals surface area contributed by atoms with E-state index in [-0.39, 0.29) is 0 Å². The summed E-state index contributed by atoms with van der Waals surface area (Å²) < 4.78 is 6.26. The van der Waals surface area contributed by atoms with Crippen molar-refractivity contribution in [2.24, 2.45) is 0 Å². The van der Waals surface area contributed by atoms with Gasteiger partial charge in [-0.25, -0.2) is 9.97 Å². The van der Waals surface area contributed by atoms with Crippen molar-refractivity contribution in [2.75, 3.05) is 19.0 Å². The lowest BCUT2D eigenvalue weighted by Crippen LogP contribution is -2.06. The number of nitrogens with zero attached hydrogens (tertiary/aromatic N) is 2. The molecule has 0 aliphatic heterocycles. The molecule has 0 saturated heterocycles. The monoisotopic (exact) mass is 367 g/mol. The maximum Gasteiger partial charge on any atom is 0.141 e. The number of methoxy groups -OCH3 is 1. The molecule has 0 saturated carbocycles. The van der Waals surface area contributed by atoms with Gasteiger partial charge >= 0.3 is 0 Å². The lowest BCUT2D eigenvalue weighted by Gasteiger charge is -2.09. The number of ether oxygens (including phenoxy) is 1. The van der Waals surface area contributed by atoms with Gasteiger partial charge in [0.1, 0.15) is 11.6 Å². The van der Waals surface area contributed by atoms with E-state index in [1.807, 2.05) is 31.2 Å². The Labute approximate surface area is 137 Å². The van der Waals surface area contributed by atoms with Gasteiger partial charge in [-0.05, 0) is 35.0 Å². The fourth-order valence-corrected chi connectivity index (χ4v) is 3.24. The molecule has 1 heterocycles. The normalized spacial score (nSPS) is 10.6. The largest absolute Gasteiger partial charge is 0.378 e. The minimum absolute atomic E-state index is 0.494. The minimum atomic E-state index is 0.494. The second-order valence-electron chi connectivity index (χ2n) is 4.34. The molecule has 1 aromatic heterocycles. The molecule has 21 heavy (non-hydrogen) atoms. The van der Waals surface area contributed by atoms with Gasteiger partial charge in [-0.2, -0.15) is 0 Å². The van der Waals surface area contributed by atoms with E-state index >= 15 is 0 Å². The van der Waals surface area contributed by atoms with Crippen LogP contribution in [-0.2, 0) is 17.1 Å². The SMILES string of the molecule is CCNc1cc(COC)nc(CSc2ccccc2Br)n1. The van der Waals surface area contributed by atoms with Gasteiger partial charge in [-0.15, -0.1) is 11.8 Å². The molecule has 0 atom stereocenters. The predicted molar refractivity (Wildman–Crippen MR) is 90.6 cm³/mol. The van der Waals surface area contributed by atoms with Crippen molar-refractivity contribution in [1.82, 2.24) is 9.97 Å². The number of aromatic nitrogens is 2. The number of hydrogen-bond donors (Lipinski definition) is 1. The minimum Gasteiger partial charge on any atom is -0.378 e. The summed E-state index contributed by atoms with van der Waals surface area (Å²) >= 11 is 5.27. The molecule has 2 rings (SSSR count). The summed E-state index contributed by atoms with van der Waals surface area (Å²) in [5.41, 5.74) is 0.895. The van der Waals surface area contributed by atoms with E-state index in [0.29, 0.717) is 6.61 Å². The molecule has 6 heteroatoms. The summed E-state index contributed by atoms with van der Waals surface area (Å²) in [5.74, 6) is 2.38. The van der Waals surface area contributed by atoms with Crippen LogP contribution < -0.4 is 5.32 Å². The van der Waals surface area contributed by atoms with E-state index in [2.05, 4.69) is 37.3 Å². The van der Waals surface area contributed by atoms with Gasteiger partial charge in [0.25, 0.3) is 0 Å². The summed E-state index contributed by atoms with van der Waals surface area (Å²) in [6.45, 7) is 3.38. The van der Waals surface area contributed by atoms with Crippen molar-refractivity contribution in [1.29, 1.82) is 0 Å². The maximum absolute atomic E-state index is 5.17. The second kappa shape index (κ2) is 8.36. The van der Waals surface area contributed by atoms with Crippen LogP contribution in [0, 0.1) is 0 Å². The molecule has 0 radical (unpaired) electrons. The highest BCUT2D eigenvalue weighted by atomic mass is 79.9. The number of thioether (sulfide) groups is 1. The van der Waals surface area contributed by atoms with Crippen molar-refractivity contribution >= 4 is 33.5 Å². The maximum atomic E-state index is 5.17. The number of halogens is 1. The molecule has 0 spiro atoms. The molecule has 0 aliphatic carbocycles. The van der Waals surface area contributed by atoms with Crippen LogP contribution in [0.3, 0.4) is 0 Å². The zero-order chi connectivity index (χ0) is 15.1. The summed E-state index contributed by atoms with van der Waals surface area (Å²) in [4.78, 5) is 10.3. The van der Waals surface area contributed by atoms with E-state index in [4.69, 9.17) is 4.74 Å². The smallest absolute Gasteiger partial charge is 0.141 e. The topological polar surface area (TPSA) is 47.0 Å². The quantitative estimate of drug-likeness (QED) is 0.746. The Morgan fingerprint density at radius 2 is 2.10 bits per heavy atom. The van der Waals surface area contributed by atoms with E-state index < -0.39 is 0 Å². The lowest BCUT2D eigenvalue weighted by molar-refractivity contribution is 0.181. The number of nitrogens with one attached hydrogen (secondary N) is 1. The van der Waals surface area contributed by atoms with Gasteiger partial charge in [0.05, 0.1) is 18.1 Å². The van der Waals surface area contributed by atoms with Crippen LogP contribution in [0.15, 0.2) is 39.7 Å². The molecule has 112 valence electrons. The first-order valence-electron chi connectivity index (χ1n) is 6.70. The molecule has 2 aromatic rings. The molecule has 0 bridgehead atoms. The van der Waals surface area contributed by atoms with E-state index in [9.17, 15) is 0 Å². The van der Waals surface area contributed by atoms with Gasteiger partial charge in [-0.3, -0.25) is 0 Å². The molecule has 4 nitrogen and oxygen atoms in total. The average Bonchev–Trinajstić information content (AvgIpc) is 2.47. The highest BCUT2D eigenvalue weighted by molar-refractivity contribution is 9.10. The van der Waals surface area contributed by atoms with Gasteiger partial charge in [0.2, 0.25) is 0 Å². The Balaban J connectivity index is 2.13. The van der Waals surface area contributed by atoms with Gasteiger partial charge in [-0.1, -0.05) is 12.1 Å². The standard InChI is InChI=1S/C15H18BrN3OS/c1-3-17-14-8-11(9-20-2)18-15(19-14)10-21-13-7-5-4-6-12(13)16/h4-8H,3,9-10H2,1-2H3,(H,17,18,19). The van der Waals surface area contributed by atoms with Crippen molar-refractivity contribution in [3.05, 3.63) is 46.3 Å². The zero-order valence-electron chi connectivity index (χ0n) is 12.1. The molecule has 0 aliphatic rings. The van der Waals surface area contributed by atoms with Crippen LogP contribution in [0.5, 0.6) is 0 Å². The number of benzene rings is 1. The highest BCUT2D eigenvalue weighted by Gasteiger charge is 2.06. The molecular weight excluding hydrogens is 350 g/mol. The first kappa shape index (κ1) is 16.3. The lowest BCUT2D eigenvalue weighted by atomic mass is 10.4. The van der Waals surface area contributed by atoms with Crippen molar-refractivity contribution in [3.8, 4) is 0 Å². The Hall–Kier alpha value is -1.11. The summed E-state index contributed by atoms with van der Waals surface area (Å²) in [5, 5.41) is 3.23. The Morgan fingerprint density at radius 3 is 2.81 bits per heavy atom. The van der Waals surface area contributed by atoms with Gasteiger partial charge in [0, 0.05) is 29.1 Å². The van der Waals surface area contributed by atoms with Gasteiger partial charge in [0.15, 0.2) is 0 Å². The molecule has 0 amide bonds. The fraction of sp³-hybridized carbons (Fsp3) is 0.333. The molecular formula is C15H18BrN3OS. The molecule has 0 fully saturated rings. The van der Waals surface area contributed by atoms with Crippen LogP contribution in [-0.4, -0.2) is 23.6 Å². The number of hydrogen-bond acceptors (Lipinski definition) is 5. The van der Waals surface area contributed by atoms with Crippen molar-refractivity contribution in [2.45, 2.75) is 24.2 Å². The second-order valence-corrected chi connectivity index (χ2v) is 6.21. The Bertz CT molecular complexity index is 571. The Kier molecular flexibility index (Phi) is 6.48. The molecule has 1 N–H and O–H groups in total. The Morgan fingerprint density at radius 1 is 1.29 bits per heavy atom. The number of anilines is 1.